The third-order valence-electron chi connectivity index (χ3n) is 4.55. The lowest BCUT2D eigenvalue weighted by Gasteiger charge is -2.14. The van der Waals surface area contributed by atoms with Gasteiger partial charge in [-0.2, -0.15) is 5.10 Å². The second-order valence-electron chi connectivity index (χ2n) is 6.37. The van der Waals surface area contributed by atoms with Crippen LogP contribution in [-0.4, -0.2) is 22.9 Å². The minimum atomic E-state index is -0.344. The minimum absolute atomic E-state index is 0.0626. The van der Waals surface area contributed by atoms with E-state index in [1.165, 1.54) is 19.2 Å². The first-order valence-corrected chi connectivity index (χ1v) is 8.70. The molecular formula is C21H22FN3O2. The number of carbonyl (C=O) groups excluding carboxylic acids is 1. The first-order chi connectivity index (χ1) is 13.0. The molecule has 0 saturated carbocycles. The lowest BCUT2D eigenvalue weighted by atomic mass is 10.1. The van der Waals surface area contributed by atoms with Crippen molar-refractivity contribution in [2.75, 3.05) is 7.11 Å². The third-order valence-corrected chi connectivity index (χ3v) is 4.55. The van der Waals surface area contributed by atoms with E-state index in [-0.39, 0.29) is 17.8 Å². The van der Waals surface area contributed by atoms with Crippen molar-refractivity contribution < 1.29 is 13.9 Å². The van der Waals surface area contributed by atoms with Crippen LogP contribution in [-0.2, 0) is 11.3 Å². The molecule has 1 aromatic heterocycles. The predicted molar refractivity (Wildman–Crippen MR) is 101 cm³/mol. The molecule has 1 unspecified atom stereocenters. The van der Waals surface area contributed by atoms with E-state index in [2.05, 4.69) is 17.3 Å². The molecule has 0 aliphatic carbocycles. The number of esters is 1. The topological polar surface area (TPSA) is 56.1 Å². The Morgan fingerprint density at radius 3 is 2.67 bits per heavy atom. The number of hydrogen-bond donors (Lipinski definition) is 1. The molecule has 0 spiro atoms. The van der Waals surface area contributed by atoms with Crippen LogP contribution in [0, 0.1) is 12.7 Å². The van der Waals surface area contributed by atoms with Crippen molar-refractivity contribution in [3.8, 4) is 5.69 Å². The Kier molecular flexibility index (Phi) is 5.66. The number of methoxy groups -OCH3 is 1. The SMILES string of the molecule is COC(=O)c1ccc(CNC(C)c2cnn(-c3cccc(F)c3)c2C)cc1. The maximum absolute atomic E-state index is 13.5. The third kappa shape index (κ3) is 4.23. The van der Waals surface area contributed by atoms with Crippen molar-refractivity contribution in [1.29, 1.82) is 0 Å². The highest BCUT2D eigenvalue weighted by Crippen LogP contribution is 2.21. The van der Waals surface area contributed by atoms with E-state index in [1.54, 1.807) is 29.1 Å². The fourth-order valence-corrected chi connectivity index (χ4v) is 2.97. The monoisotopic (exact) mass is 367 g/mol. The second-order valence-corrected chi connectivity index (χ2v) is 6.37. The molecule has 0 bridgehead atoms. The fourth-order valence-electron chi connectivity index (χ4n) is 2.97. The second kappa shape index (κ2) is 8.14. The Hall–Kier alpha value is -2.99. The molecule has 1 heterocycles. The number of benzene rings is 2. The minimum Gasteiger partial charge on any atom is -0.465 e. The van der Waals surface area contributed by atoms with Crippen molar-refractivity contribution in [1.82, 2.24) is 15.1 Å². The van der Waals surface area contributed by atoms with Crippen molar-refractivity contribution in [3.63, 3.8) is 0 Å². The number of carbonyl (C=O) groups is 1. The molecule has 0 aliphatic rings. The highest BCUT2D eigenvalue weighted by atomic mass is 19.1. The van der Waals surface area contributed by atoms with Crippen molar-refractivity contribution in [3.05, 3.63) is 82.9 Å². The van der Waals surface area contributed by atoms with E-state index in [0.29, 0.717) is 17.8 Å². The van der Waals surface area contributed by atoms with Crippen LogP contribution in [0.1, 0.15) is 40.1 Å². The molecule has 3 rings (SSSR count). The van der Waals surface area contributed by atoms with Crippen LogP contribution in [0.25, 0.3) is 5.69 Å². The summed E-state index contributed by atoms with van der Waals surface area (Å²) in [5, 5.41) is 7.85. The summed E-state index contributed by atoms with van der Waals surface area (Å²) >= 11 is 0. The van der Waals surface area contributed by atoms with E-state index in [1.807, 2.05) is 25.1 Å². The lowest BCUT2D eigenvalue weighted by Crippen LogP contribution is -2.18. The van der Waals surface area contributed by atoms with Crippen LogP contribution in [0.3, 0.4) is 0 Å². The average molecular weight is 367 g/mol. The summed E-state index contributed by atoms with van der Waals surface area (Å²) in [6, 6.07) is 13.7. The predicted octanol–water partition coefficient (Wildman–Crippen LogP) is 3.96. The number of rotatable bonds is 6. The van der Waals surface area contributed by atoms with E-state index in [4.69, 9.17) is 4.74 Å². The van der Waals surface area contributed by atoms with Crippen molar-refractivity contribution in [2.24, 2.45) is 0 Å². The zero-order valence-electron chi connectivity index (χ0n) is 15.6. The number of aromatic nitrogens is 2. The summed E-state index contributed by atoms with van der Waals surface area (Å²) in [7, 11) is 1.37. The van der Waals surface area contributed by atoms with E-state index in [9.17, 15) is 9.18 Å². The van der Waals surface area contributed by atoms with E-state index in [0.717, 1.165) is 16.8 Å². The first kappa shape index (κ1) is 18.8. The van der Waals surface area contributed by atoms with Gasteiger partial charge in [-0.25, -0.2) is 13.9 Å². The van der Waals surface area contributed by atoms with E-state index < -0.39 is 0 Å². The normalized spacial score (nSPS) is 12.0. The Morgan fingerprint density at radius 2 is 2.00 bits per heavy atom. The molecule has 1 atom stereocenters. The van der Waals surface area contributed by atoms with Gasteiger partial charge in [-0.3, -0.25) is 0 Å². The molecule has 0 saturated heterocycles. The van der Waals surface area contributed by atoms with Crippen LogP contribution < -0.4 is 5.32 Å². The number of hydrogen-bond acceptors (Lipinski definition) is 4. The summed E-state index contributed by atoms with van der Waals surface area (Å²) in [5.41, 5.74) is 4.29. The molecule has 0 aliphatic heterocycles. The standard InChI is InChI=1S/C21H22FN3O2/c1-14(23-12-16-7-9-17(10-8-16)21(26)27-3)20-13-24-25(15(20)2)19-6-4-5-18(22)11-19/h4-11,13-14,23H,12H2,1-3H3. The number of nitrogens with one attached hydrogen (secondary N) is 1. The van der Waals surface area contributed by atoms with Gasteiger partial charge < -0.3 is 10.1 Å². The summed E-state index contributed by atoms with van der Waals surface area (Å²) in [6.45, 7) is 4.67. The van der Waals surface area contributed by atoms with Gasteiger partial charge in [0.2, 0.25) is 0 Å². The summed E-state index contributed by atoms with van der Waals surface area (Å²) < 4.78 is 19.9. The smallest absolute Gasteiger partial charge is 0.337 e. The first-order valence-electron chi connectivity index (χ1n) is 8.70. The van der Waals surface area contributed by atoms with Crippen LogP contribution in [0.4, 0.5) is 4.39 Å². The summed E-state index contributed by atoms with van der Waals surface area (Å²) in [5.74, 6) is -0.631. The van der Waals surface area contributed by atoms with E-state index >= 15 is 0 Å². The van der Waals surface area contributed by atoms with Gasteiger partial charge >= 0.3 is 5.97 Å². The molecule has 1 N–H and O–H groups in total. The Labute approximate surface area is 157 Å². The molecule has 140 valence electrons. The van der Waals surface area contributed by atoms with Gasteiger partial charge in [-0.15, -0.1) is 0 Å². The maximum atomic E-state index is 13.5. The van der Waals surface area contributed by atoms with Gasteiger partial charge in [0, 0.05) is 23.8 Å². The molecular weight excluding hydrogens is 345 g/mol. The molecule has 5 nitrogen and oxygen atoms in total. The lowest BCUT2D eigenvalue weighted by molar-refractivity contribution is 0.0600. The molecule has 3 aromatic rings. The average Bonchev–Trinajstić information content (AvgIpc) is 3.07. The molecule has 27 heavy (non-hydrogen) atoms. The zero-order chi connectivity index (χ0) is 19.4. The van der Waals surface area contributed by atoms with Gasteiger partial charge in [0.15, 0.2) is 0 Å². The quantitative estimate of drug-likeness (QED) is 0.670. The highest BCUT2D eigenvalue weighted by molar-refractivity contribution is 5.89. The molecule has 0 radical (unpaired) electrons. The summed E-state index contributed by atoms with van der Waals surface area (Å²) in [4.78, 5) is 11.5. The van der Waals surface area contributed by atoms with Crippen LogP contribution in [0.2, 0.25) is 0 Å². The Bertz CT molecular complexity index is 935. The van der Waals surface area contributed by atoms with Gasteiger partial charge in [-0.1, -0.05) is 18.2 Å². The number of ether oxygens (including phenoxy) is 1. The largest absolute Gasteiger partial charge is 0.465 e. The number of nitrogens with zero attached hydrogens (tertiary/aromatic N) is 2. The van der Waals surface area contributed by atoms with Crippen molar-refractivity contribution in [2.45, 2.75) is 26.4 Å². The molecule has 0 fully saturated rings. The van der Waals surface area contributed by atoms with Crippen LogP contribution in [0.15, 0.2) is 54.7 Å². The van der Waals surface area contributed by atoms with Crippen LogP contribution in [0.5, 0.6) is 0 Å². The van der Waals surface area contributed by atoms with Crippen molar-refractivity contribution >= 4 is 5.97 Å². The van der Waals surface area contributed by atoms with Gasteiger partial charge in [0.25, 0.3) is 0 Å². The molecule has 0 amide bonds. The Balaban J connectivity index is 1.68. The zero-order valence-corrected chi connectivity index (χ0v) is 15.6. The van der Waals surface area contributed by atoms with Gasteiger partial charge in [-0.05, 0) is 49.7 Å². The van der Waals surface area contributed by atoms with Gasteiger partial charge in [0.05, 0.1) is 24.6 Å². The number of halogens is 1. The molecule has 2 aromatic carbocycles. The van der Waals surface area contributed by atoms with Gasteiger partial charge in [0.1, 0.15) is 5.82 Å². The summed E-state index contributed by atoms with van der Waals surface area (Å²) in [6.07, 6.45) is 1.80. The fraction of sp³-hybridized carbons (Fsp3) is 0.238. The molecule has 6 heteroatoms. The Morgan fingerprint density at radius 1 is 1.26 bits per heavy atom. The highest BCUT2D eigenvalue weighted by Gasteiger charge is 2.14. The van der Waals surface area contributed by atoms with Crippen LogP contribution >= 0.6 is 0 Å². The maximum Gasteiger partial charge on any atom is 0.337 e.